The quantitative estimate of drug-likeness (QED) is 0.641. The van der Waals surface area contributed by atoms with Crippen LogP contribution < -0.4 is 0 Å². The van der Waals surface area contributed by atoms with Crippen LogP contribution in [0.3, 0.4) is 0 Å². The predicted octanol–water partition coefficient (Wildman–Crippen LogP) is 2.60. The van der Waals surface area contributed by atoms with Crippen molar-refractivity contribution < 1.29 is 9.90 Å². The van der Waals surface area contributed by atoms with Crippen molar-refractivity contribution in [3.05, 3.63) is 12.2 Å². The third-order valence-corrected chi connectivity index (χ3v) is 2.57. The molecule has 1 fully saturated rings. The second-order valence-corrected chi connectivity index (χ2v) is 4.03. The van der Waals surface area contributed by atoms with Crippen LogP contribution in [-0.4, -0.2) is 11.1 Å². The molecule has 0 saturated heterocycles. The van der Waals surface area contributed by atoms with Gasteiger partial charge in [0.15, 0.2) is 0 Å². The molecule has 0 aliphatic heterocycles. The maximum atomic E-state index is 10.5. The largest absolute Gasteiger partial charge is 0.481 e. The van der Waals surface area contributed by atoms with Gasteiger partial charge in [-0.05, 0) is 38.0 Å². The lowest BCUT2D eigenvalue weighted by Gasteiger charge is -2.11. The van der Waals surface area contributed by atoms with Gasteiger partial charge in [-0.25, -0.2) is 0 Å². The summed E-state index contributed by atoms with van der Waals surface area (Å²) in [6.45, 7) is 5.81. The molecule has 0 heterocycles. The number of rotatable bonds is 5. The standard InChI is InChI=1S/C10H16O2/c1-8(2)3-4-10(5-6-10)7-9(11)12/h1,3-7H2,2H3,(H,11,12). The molecule has 68 valence electrons. The normalized spacial score (nSPS) is 18.8. The molecular weight excluding hydrogens is 152 g/mol. The Hall–Kier alpha value is -0.790. The van der Waals surface area contributed by atoms with Crippen LogP contribution in [0.25, 0.3) is 0 Å². The Bertz CT molecular complexity index is 202. The zero-order valence-corrected chi connectivity index (χ0v) is 7.60. The monoisotopic (exact) mass is 168 g/mol. The van der Waals surface area contributed by atoms with Crippen molar-refractivity contribution in [2.75, 3.05) is 0 Å². The van der Waals surface area contributed by atoms with Crippen molar-refractivity contribution in [2.45, 2.75) is 39.0 Å². The van der Waals surface area contributed by atoms with E-state index in [1.54, 1.807) is 0 Å². The van der Waals surface area contributed by atoms with Gasteiger partial charge in [-0.15, -0.1) is 6.58 Å². The fourth-order valence-corrected chi connectivity index (χ4v) is 1.49. The molecule has 2 heteroatoms. The number of carboxylic acid groups (broad SMARTS) is 1. The first-order valence-corrected chi connectivity index (χ1v) is 4.40. The van der Waals surface area contributed by atoms with Gasteiger partial charge in [0.2, 0.25) is 0 Å². The highest BCUT2D eigenvalue weighted by molar-refractivity contribution is 5.68. The van der Waals surface area contributed by atoms with E-state index < -0.39 is 5.97 Å². The van der Waals surface area contributed by atoms with E-state index in [1.807, 2.05) is 6.92 Å². The fraction of sp³-hybridized carbons (Fsp3) is 0.700. The summed E-state index contributed by atoms with van der Waals surface area (Å²) < 4.78 is 0. The Labute approximate surface area is 73.3 Å². The number of hydrogen-bond donors (Lipinski definition) is 1. The number of hydrogen-bond acceptors (Lipinski definition) is 1. The Kier molecular flexibility index (Phi) is 2.55. The summed E-state index contributed by atoms with van der Waals surface area (Å²) >= 11 is 0. The molecule has 1 aliphatic carbocycles. The van der Waals surface area contributed by atoms with E-state index in [0.29, 0.717) is 6.42 Å². The van der Waals surface area contributed by atoms with Gasteiger partial charge in [0, 0.05) is 0 Å². The summed E-state index contributed by atoms with van der Waals surface area (Å²) in [5.41, 5.74) is 1.30. The van der Waals surface area contributed by atoms with E-state index in [2.05, 4.69) is 6.58 Å². The van der Waals surface area contributed by atoms with Crippen molar-refractivity contribution in [1.82, 2.24) is 0 Å². The molecule has 0 aromatic heterocycles. The van der Waals surface area contributed by atoms with Gasteiger partial charge in [0.05, 0.1) is 6.42 Å². The molecule has 0 atom stereocenters. The van der Waals surface area contributed by atoms with Gasteiger partial charge in [-0.1, -0.05) is 5.57 Å². The number of allylic oxidation sites excluding steroid dienone is 1. The molecule has 1 aliphatic rings. The molecule has 0 amide bonds. The van der Waals surface area contributed by atoms with Crippen LogP contribution in [0.5, 0.6) is 0 Å². The predicted molar refractivity (Wildman–Crippen MR) is 48.0 cm³/mol. The van der Waals surface area contributed by atoms with Crippen LogP contribution >= 0.6 is 0 Å². The fourth-order valence-electron chi connectivity index (χ4n) is 1.49. The van der Waals surface area contributed by atoms with Crippen molar-refractivity contribution in [3.8, 4) is 0 Å². The van der Waals surface area contributed by atoms with Crippen molar-refractivity contribution >= 4 is 5.97 Å². The van der Waals surface area contributed by atoms with E-state index in [1.165, 1.54) is 0 Å². The maximum Gasteiger partial charge on any atom is 0.303 e. The lowest BCUT2D eigenvalue weighted by Crippen LogP contribution is -2.08. The Morgan fingerprint density at radius 1 is 1.58 bits per heavy atom. The average Bonchev–Trinajstić information content (AvgIpc) is 2.64. The highest BCUT2D eigenvalue weighted by Crippen LogP contribution is 2.52. The molecule has 0 aromatic rings. The topological polar surface area (TPSA) is 37.3 Å². The Balaban J connectivity index is 2.30. The minimum absolute atomic E-state index is 0.144. The van der Waals surface area contributed by atoms with E-state index in [-0.39, 0.29) is 5.41 Å². The summed E-state index contributed by atoms with van der Waals surface area (Å²) in [6.07, 6.45) is 4.52. The summed E-state index contributed by atoms with van der Waals surface area (Å²) in [7, 11) is 0. The second-order valence-electron chi connectivity index (χ2n) is 4.03. The first-order valence-electron chi connectivity index (χ1n) is 4.40. The molecule has 0 aromatic carbocycles. The van der Waals surface area contributed by atoms with E-state index in [9.17, 15) is 4.79 Å². The number of carboxylic acids is 1. The molecule has 1 rings (SSSR count). The first-order chi connectivity index (χ1) is 5.54. The van der Waals surface area contributed by atoms with Crippen LogP contribution in [0.2, 0.25) is 0 Å². The minimum Gasteiger partial charge on any atom is -0.481 e. The lowest BCUT2D eigenvalue weighted by atomic mass is 9.94. The van der Waals surface area contributed by atoms with E-state index >= 15 is 0 Å². The summed E-state index contributed by atoms with van der Waals surface area (Å²) in [4.78, 5) is 10.5. The van der Waals surface area contributed by atoms with E-state index in [0.717, 1.165) is 31.3 Å². The SMILES string of the molecule is C=C(C)CCC1(CC(=O)O)CC1. The summed E-state index contributed by atoms with van der Waals surface area (Å²) in [6, 6.07) is 0. The van der Waals surface area contributed by atoms with Crippen molar-refractivity contribution in [2.24, 2.45) is 5.41 Å². The average molecular weight is 168 g/mol. The summed E-state index contributed by atoms with van der Waals surface area (Å²) in [5, 5.41) is 8.63. The van der Waals surface area contributed by atoms with Crippen molar-refractivity contribution in [3.63, 3.8) is 0 Å². The summed E-state index contributed by atoms with van der Waals surface area (Å²) in [5.74, 6) is -0.658. The Morgan fingerprint density at radius 3 is 2.50 bits per heavy atom. The minimum atomic E-state index is -0.658. The molecule has 0 spiro atoms. The Morgan fingerprint density at radius 2 is 2.17 bits per heavy atom. The molecular formula is C10H16O2. The van der Waals surface area contributed by atoms with Crippen LogP contribution in [-0.2, 0) is 4.79 Å². The molecule has 12 heavy (non-hydrogen) atoms. The van der Waals surface area contributed by atoms with Crippen molar-refractivity contribution in [1.29, 1.82) is 0 Å². The molecule has 0 bridgehead atoms. The molecule has 1 saturated carbocycles. The second kappa shape index (κ2) is 3.30. The smallest absolute Gasteiger partial charge is 0.303 e. The first kappa shape index (κ1) is 9.30. The van der Waals surface area contributed by atoms with Gasteiger partial charge in [0.1, 0.15) is 0 Å². The van der Waals surface area contributed by atoms with Gasteiger partial charge >= 0.3 is 5.97 Å². The van der Waals surface area contributed by atoms with Gasteiger partial charge < -0.3 is 5.11 Å². The van der Waals surface area contributed by atoms with Crippen LogP contribution in [0, 0.1) is 5.41 Å². The molecule has 0 unspecified atom stereocenters. The van der Waals surface area contributed by atoms with Gasteiger partial charge in [0.25, 0.3) is 0 Å². The molecule has 1 N–H and O–H groups in total. The maximum absolute atomic E-state index is 10.5. The van der Waals surface area contributed by atoms with Crippen LogP contribution in [0.15, 0.2) is 12.2 Å². The molecule has 2 nitrogen and oxygen atoms in total. The molecule has 0 radical (unpaired) electrons. The number of carbonyl (C=O) groups is 1. The highest BCUT2D eigenvalue weighted by Gasteiger charge is 2.43. The third-order valence-electron chi connectivity index (χ3n) is 2.57. The zero-order chi connectivity index (χ0) is 9.19. The van der Waals surface area contributed by atoms with Gasteiger partial charge in [-0.3, -0.25) is 4.79 Å². The van der Waals surface area contributed by atoms with Gasteiger partial charge in [-0.2, -0.15) is 0 Å². The van der Waals surface area contributed by atoms with Crippen LogP contribution in [0.1, 0.15) is 39.0 Å². The lowest BCUT2D eigenvalue weighted by molar-refractivity contribution is -0.138. The zero-order valence-electron chi connectivity index (χ0n) is 7.60. The number of aliphatic carboxylic acids is 1. The van der Waals surface area contributed by atoms with Crippen LogP contribution in [0.4, 0.5) is 0 Å². The van der Waals surface area contributed by atoms with E-state index in [4.69, 9.17) is 5.11 Å². The third kappa shape index (κ3) is 2.68. The highest BCUT2D eigenvalue weighted by atomic mass is 16.4.